The van der Waals surface area contributed by atoms with E-state index in [1.165, 1.54) is 12.7 Å². The molecule has 1 saturated heterocycles. The molecule has 0 radical (unpaired) electrons. The van der Waals surface area contributed by atoms with E-state index in [0.29, 0.717) is 5.69 Å². The van der Waals surface area contributed by atoms with Crippen molar-refractivity contribution in [1.29, 1.82) is 0 Å². The average Bonchev–Trinajstić information content (AvgIpc) is 3.45. The lowest BCUT2D eigenvalue weighted by Gasteiger charge is -2.34. The number of amides is 1. The van der Waals surface area contributed by atoms with Crippen molar-refractivity contribution in [3.63, 3.8) is 0 Å². The molecule has 4 aromatic rings. The molecule has 158 valence electrons. The minimum Gasteiger partial charge on any atom is -0.459 e. The maximum absolute atomic E-state index is 12.9. The quantitative estimate of drug-likeness (QED) is 0.350. The van der Waals surface area contributed by atoms with Crippen LogP contribution >= 0.6 is 15.9 Å². The highest BCUT2D eigenvalue weighted by Crippen LogP contribution is 2.41. The van der Waals surface area contributed by atoms with Crippen LogP contribution in [0.4, 0.5) is 5.69 Å². The van der Waals surface area contributed by atoms with Crippen LogP contribution in [0.3, 0.4) is 0 Å². The summed E-state index contributed by atoms with van der Waals surface area (Å²) in [7, 11) is 0. The summed E-state index contributed by atoms with van der Waals surface area (Å²) in [5, 5.41) is 3.96. The molecule has 3 heterocycles. The van der Waals surface area contributed by atoms with Crippen LogP contribution in [-0.4, -0.2) is 23.9 Å². The molecule has 1 fully saturated rings. The highest BCUT2D eigenvalue weighted by atomic mass is 79.9. The number of hydrogen-bond acceptors (Lipinski definition) is 4. The third-order valence-electron chi connectivity index (χ3n) is 5.80. The fourth-order valence-corrected chi connectivity index (χ4v) is 4.58. The molecule has 0 unspecified atom stereocenters. The number of likely N-dealkylation sites (tertiary alicyclic amines) is 1. The van der Waals surface area contributed by atoms with E-state index in [1.807, 2.05) is 24.3 Å². The Kier molecular flexibility index (Phi) is 5.66. The SMILES string of the molecule is O=C(Nc1c([C@H](c2ccc(Br)cc2)N2CCCCC2)oc2ccccc12)c1ccco1. The zero-order valence-corrected chi connectivity index (χ0v) is 18.6. The lowest BCUT2D eigenvalue weighted by molar-refractivity contribution is 0.0996. The van der Waals surface area contributed by atoms with Gasteiger partial charge in [0.1, 0.15) is 11.3 Å². The standard InChI is InChI=1S/C25H23BrN2O3/c26-18-12-10-17(11-13-18)23(28-14-4-1-5-15-28)24-22(19-7-2-3-8-20(19)31-24)27-25(29)21-9-6-16-30-21/h2-3,6-13,16,23H,1,4-5,14-15H2,(H,27,29)/t23-/m0/s1. The van der Waals surface area contributed by atoms with Gasteiger partial charge in [0.25, 0.3) is 5.91 Å². The Morgan fingerprint density at radius 3 is 2.48 bits per heavy atom. The zero-order valence-electron chi connectivity index (χ0n) is 17.0. The Bertz CT molecular complexity index is 1180. The first-order chi connectivity index (χ1) is 15.2. The van der Waals surface area contributed by atoms with Gasteiger partial charge in [-0.3, -0.25) is 9.69 Å². The maximum Gasteiger partial charge on any atom is 0.291 e. The molecule has 1 atom stereocenters. The molecule has 31 heavy (non-hydrogen) atoms. The predicted molar refractivity (Wildman–Crippen MR) is 124 cm³/mol. The van der Waals surface area contributed by atoms with Gasteiger partial charge in [0.05, 0.1) is 18.0 Å². The van der Waals surface area contributed by atoms with Crippen LogP contribution in [0.1, 0.15) is 47.2 Å². The number of halogens is 1. The Balaban J connectivity index is 1.64. The molecule has 6 heteroatoms. The first-order valence-electron chi connectivity index (χ1n) is 10.6. The molecule has 5 rings (SSSR count). The summed E-state index contributed by atoms with van der Waals surface area (Å²) in [5.41, 5.74) is 2.60. The monoisotopic (exact) mass is 478 g/mol. The van der Waals surface area contributed by atoms with E-state index in [-0.39, 0.29) is 17.7 Å². The molecule has 0 bridgehead atoms. The van der Waals surface area contributed by atoms with Gasteiger partial charge in [-0.15, -0.1) is 0 Å². The Labute approximate surface area is 189 Å². The van der Waals surface area contributed by atoms with Crippen molar-refractivity contribution in [2.45, 2.75) is 25.3 Å². The fourth-order valence-electron chi connectivity index (χ4n) is 4.32. The zero-order chi connectivity index (χ0) is 21.2. The van der Waals surface area contributed by atoms with E-state index < -0.39 is 0 Å². The highest BCUT2D eigenvalue weighted by Gasteiger charge is 2.31. The number of rotatable bonds is 5. The Morgan fingerprint density at radius 2 is 1.74 bits per heavy atom. The number of carbonyl (C=O) groups excluding carboxylic acids is 1. The van der Waals surface area contributed by atoms with Crippen molar-refractivity contribution in [1.82, 2.24) is 4.90 Å². The lowest BCUT2D eigenvalue weighted by atomic mass is 9.98. The van der Waals surface area contributed by atoms with Gasteiger partial charge in [0.2, 0.25) is 0 Å². The smallest absolute Gasteiger partial charge is 0.291 e. The van der Waals surface area contributed by atoms with E-state index in [4.69, 9.17) is 8.83 Å². The van der Waals surface area contributed by atoms with E-state index >= 15 is 0 Å². The number of piperidine rings is 1. The van der Waals surface area contributed by atoms with Crippen LogP contribution in [0.5, 0.6) is 0 Å². The molecule has 1 N–H and O–H groups in total. The number of fused-ring (bicyclic) bond motifs is 1. The number of carbonyl (C=O) groups is 1. The molecule has 0 aliphatic carbocycles. The first-order valence-corrected chi connectivity index (χ1v) is 11.4. The third kappa shape index (κ3) is 4.05. The summed E-state index contributed by atoms with van der Waals surface area (Å²) in [6, 6.07) is 19.5. The van der Waals surface area contributed by atoms with Gasteiger partial charge < -0.3 is 14.2 Å². The Hall–Kier alpha value is -2.83. The predicted octanol–water partition coefficient (Wildman–Crippen LogP) is 6.62. The summed E-state index contributed by atoms with van der Waals surface area (Å²) in [4.78, 5) is 15.3. The van der Waals surface area contributed by atoms with Crippen LogP contribution < -0.4 is 5.32 Å². The molecule has 1 amide bonds. The number of para-hydroxylation sites is 1. The summed E-state index contributed by atoms with van der Waals surface area (Å²) in [6.45, 7) is 1.98. The van der Waals surface area contributed by atoms with Gasteiger partial charge in [-0.05, 0) is 67.9 Å². The number of anilines is 1. The average molecular weight is 479 g/mol. The number of hydrogen-bond donors (Lipinski definition) is 1. The van der Waals surface area contributed by atoms with Crippen molar-refractivity contribution < 1.29 is 13.6 Å². The fraction of sp³-hybridized carbons (Fsp3) is 0.240. The molecule has 2 aromatic carbocycles. The van der Waals surface area contributed by atoms with Crippen molar-refractivity contribution in [3.05, 3.63) is 88.5 Å². The van der Waals surface area contributed by atoms with E-state index in [9.17, 15) is 4.79 Å². The van der Waals surface area contributed by atoms with Crippen LogP contribution in [-0.2, 0) is 0 Å². The molecule has 2 aromatic heterocycles. The minimum atomic E-state index is -0.286. The topological polar surface area (TPSA) is 58.6 Å². The van der Waals surface area contributed by atoms with E-state index in [1.54, 1.807) is 12.1 Å². The second-order valence-electron chi connectivity index (χ2n) is 7.82. The molecular formula is C25H23BrN2O3. The largest absolute Gasteiger partial charge is 0.459 e. The van der Waals surface area contributed by atoms with Crippen LogP contribution in [0.2, 0.25) is 0 Å². The maximum atomic E-state index is 12.9. The number of furan rings is 2. The lowest BCUT2D eigenvalue weighted by Crippen LogP contribution is -2.34. The molecule has 0 saturated carbocycles. The van der Waals surface area contributed by atoms with Gasteiger partial charge in [0, 0.05) is 9.86 Å². The summed E-state index contributed by atoms with van der Waals surface area (Å²) in [5.74, 6) is 0.741. The molecule has 5 nitrogen and oxygen atoms in total. The minimum absolute atomic E-state index is 0.0901. The molecule has 1 aliphatic heterocycles. The van der Waals surface area contributed by atoms with Crippen LogP contribution in [0, 0.1) is 0 Å². The molecule has 1 aliphatic rings. The third-order valence-corrected chi connectivity index (χ3v) is 6.32. The normalized spacial score (nSPS) is 15.8. The molecule has 0 spiro atoms. The van der Waals surface area contributed by atoms with Crippen molar-refractivity contribution >= 4 is 38.5 Å². The second-order valence-corrected chi connectivity index (χ2v) is 8.74. The van der Waals surface area contributed by atoms with Gasteiger partial charge in [0.15, 0.2) is 5.76 Å². The molecular weight excluding hydrogens is 456 g/mol. The van der Waals surface area contributed by atoms with E-state index in [0.717, 1.165) is 52.7 Å². The number of benzene rings is 2. The van der Waals surface area contributed by atoms with Gasteiger partial charge >= 0.3 is 0 Å². The van der Waals surface area contributed by atoms with E-state index in [2.05, 4.69) is 50.4 Å². The summed E-state index contributed by atoms with van der Waals surface area (Å²) >= 11 is 3.54. The van der Waals surface area contributed by atoms with Crippen LogP contribution in [0.25, 0.3) is 11.0 Å². The highest BCUT2D eigenvalue weighted by molar-refractivity contribution is 9.10. The van der Waals surface area contributed by atoms with Gasteiger partial charge in [-0.1, -0.05) is 46.6 Å². The number of nitrogens with zero attached hydrogens (tertiary/aromatic N) is 1. The van der Waals surface area contributed by atoms with Gasteiger partial charge in [-0.2, -0.15) is 0 Å². The summed E-state index contributed by atoms with van der Waals surface area (Å²) in [6.07, 6.45) is 5.05. The number of nitrogens with one attached hydrogen (secondary N) is 1. The van der Waals surface area contributed by atoms with Crippen molar-refractivity contribution in [2.24, 2.45) is 0 Å². The second kappa shape index (κ2) is 8.73. The van der Waals surface area contributed by atoms with Crippen molar-refractivity contribution in [3.8, 4) is 0 Å². The Morgan fingerprint density at radius 1 is 0.968 bits per heavy atom. The van der Waals surface area contributed by atoms with Crippen molar-refractivity contribution in [2.75, 3.05) is 18.4 Å². The first kappa shape index (κ1) is 20.1. The summed E-state index contributed by atoms with van der Waals surface area (Å²) < 4.78 is 12.8. The van der Waals surface area contributed by atoms with Gasteiger partial charge in [-0.25, -0.2) is 0 Å². The van der Waals surface area contributed by atoms with Crippen LogP contribution in [0.15, 0.2) is 80.2 Å².